The zero-order valence-electron chi connectivity index (χ0n) is 16.3. The van der Waals surface area contributed by atoms with Gasteiger partial charge in [-0.1, -0.05) is 19.3 Å². The minimum Gasteiger partial charge on any atom is -0.355 e. The summed E-state index contributed by atoms with van der Waals surface area (Å²) in [4.78, 5) is 27.5. The summed E-state index contributed by atoms with van der Waals surface area (Å²) in [6, 6.07) is 4.56. The fraction of sp³-hybridized carbons (Fsp3) is 0.619. The van der Waals surface area contributed by atoms with E-state index < -0.39 is 0 Å². The zero-order chi connectivity index (χ0) is 19.4. The van der Waals surface area contributed by atoms with Crippen LogP contribution < -0.4 is 10.6 Å². The first-order chi connectivity index (χ1) is 13.0. The Hall–Kier alpha value is -1.95. The number of likely N-dealkylation sites (N-methyl/N-ethyl adjacent to an activating group) is 1. The predicted molar refractivity (Wildman–Crippen MR) is 103 cm³/mol. The van der Waals surface area contributed by atoms with Crippen molar-refractivity contribution >= 4 is 11.8 Å². The number of aryl methyl sites for hydroxylation is 1. The van der Waals surface area contributed by atoms with E-state index in [4.69, 9.17) is 0 Å². The number of halogens is 1. The minimum absolute atomic E-state index is 0.0532. The SMILES string of the molecule is CCNC(=O)[C@@H]1C[C@H](NC(=O)c2ccc(F)c(C)c2)CN1C1CCCCC1. The highest BCUT2D eigenvalue weighted by atomic mass is 19.1. The highest BCUT2D eigenvalue weighted by molar-refractivity contribution is 5.94. The molecule has 1 aliphatic heterocycles. The van der Waals surface area contributed by atoms with Crippen molar-refractivity contribution in [2.24, 2.45) is 0 Å². The monoisotopic (exact) mass is 375 g/mol. The van der Waals surface area contributed by atoms with Crippen molar-refractivity contribution in [1.29, 1.82) is 0 Å². The third kappa shape index (κ3) is 4.67. The van der Waals surface area contributed by atoms with Crippen molar-refractivity contribution in [3.8, 4) is 0 Å². The number of nitrogens with zero attached hydrogens (tertiary/aromatic N) is 1. The summed E-state index contributed by atoms with van der Waals surface area (Å²) in [6.45, 7) is 4.88. The molecule has 5 nitrogen and oxygen atoms in total. The van der Waals surface area contributed by atoms with Gasteiger partial charge >= 0.3 is 0 Å². The Morgan fingerprint density at radius 2 is 1.96 bits per heavy atom. The summed E-state index contributed by atoms with van der Waals surface area (Å²) < 4.78 is 13.5. The first-order valence-electron chi connectivity index (χ1n) is 10.1. The topological polar surface area (TPSA) is 61.4 Å². The van der Waals surface area contributed by atoms with Crippen LogP contribution in [0.1, 0.15) is 61.4 Å². The summed E-state index contributed by atoms with van der Waals surface area (Å²) in [5, 5.41) is 6.00. The molecule has 2 fully saturated rings. The van der Waals surface area contributed by atoms with E-state index >= 15 is 0 Å². The first-order valence-corrected chi connectivity index (χ1v) is 10.1. The molecule has 1 saturated carbocycles. The van der Waals surface area contributed by atoms with Gasteiger partial charge in [-0.3, -0.25) is 14.5 Å². The van der Waals surface area contributed by atoms with E-state index in [0.29, 0.717) is 36.7 Å². The van der Waals surface area contributed by atoms with Crippen LogP contribution in [-0.2, 0) is 4.79 Å². The fourth-order valence-electron chi connectivity index (χ4n) is 4.39. The molecule has 1 saturated heterocycles. The van der Waals surface area contributed by atoms with E-state index in [1.807, 2.05) is 6.92 Å². The van der Waals surface area contributed by atoms with Gasteiger partial charge in [0.25, 0.3) is 5.91 Å². The van der Waals surface area contributed by atoms with Crippen LogP contribution in [0.3, 0.4) is 0 Å². The van der Waals surface area contributed by atoms with Crippen molar-refractivity contribution in [2.45, 2.75) is 70.5 Å². The molecular formula is C21H30FN3O2. The standard InChI is InChI=1S/C21H30FN3O2/c1-3-23-21(27)19-12-16(13-25(19)17-7-5-4-6-8-17)24-20(26)15-9-10-18(22)14(2)11-15/h9-11,16-17,19H,3-8,12-13H2,1-2H3,(H,23,27)(H,24,26)/t16-,19-/m0/s1. The van der Waals surface area contributed by atoms with Crippen LogP contribution in [0.2, 0.25) is 0 Å². The molecule has 1 aromatic rings. The van der Waals surface area contributed by atoms with E-state index in [2.05, 4.69) is 15.5 Å². The number of benzene rings is 1. The lowest BCUT2D eigenvalue weighted by atomic mass is 9.93. The van der Waals surface area contributed by atoms with E-state index in [1.54, 1.807) is 13.0 Å². The molecule has 1 aliphatic carbocycles. The highest BCUT2D eigenvalue weighted by Gasteiger charge is 2.40. The van der Waals surface area contributed by atoms with Crippen LogP contribution in [0.5, 0.6) is 0 Å². The molecule has 0 spiro atoms. The second-order valence-electron chi connectivity index (χ2n) is 7.77. The Morgan fingerprint density at radius 3 is 2.63 bits per heavy atom. The summed E-state index contributed by atoms with van der Waals surface area (Å²) in [7, 11) is 0. The van der Waals surface area contributed by atoms with Gasteiger partial charge in [0.1, 0.15) is 5.82 Å². The highest BCUT2D eigenvalue weighted by Crippen LogP contribution is 2.29. The average molecular weight is 375 g/mol. The molecule has 2 N–H and O–H groups in total. The van der Waals surface area contributed by atoms with Crippen LogP contribution >= 0.6 is 0 Å². The molecule has 1 aromatic carbocycles. The van der Waals surface area contributed by atoms with Gasteiger partial charge in [0.2, 0.25) is 5.91 Å². The van der Waals surface area contributed by atoms with E-state index in [9.17, 15) is 14.0 Å². The molecule has 0 bridgehead atoms. The molecule has 2 atom stereocenters. The van der Waals surface area contributed by atoms with Crippen LogP contribution in [0.25, 0.3) is 0 Å². The Kier molecular flexibility index (Phi) is 6.47. The Labute approximate surface area is 160 Å². The average Bonchev–Trinajstić information content (AvgIpc) is 3.09. The van der Waals surface area contributed by atoms with E-state index in [1.165, 1.54) is 31.4 Å². The maximum atomic E-state index is 13.5. The van der Waals surface area contributed by atoms with E-state index in [0.717, 1.165) is 12.8 Å². The number of hydrogen-bond donors (Lipinski definition) is 2. The van der Waals surface area contributed by atoms with Crippen LogP contribution in [0.4, 0.5) is 4.39 Å². The predicted octanol–water partition coefficient (Wildman–Crippen LogP) is 2.78. The molecule has 0 radical (unpaired) electrons. The Morgan fingerprint density at radius 1 is 1.22 bits per heavy atom. The van der Waals surface area contributed by atoms with Gasteiger partial charge in [-0.05, 0) is 56.9 Å². The molecule has 1 heterocycles. The lowest BCUT2D eigenvalue weighted by molar-refractivity contribution is -0.126. The van der Waals surface area contributed by atoms with Crippen LogP contribution in [0, 0.1) is 12.7 Å². The second-order valence-corrected chi connectivity index (χ2v) is 7.77. The fourth-order valence-corrected chi connectivity index (χ4v) is 4.39. The summed E-state index contributed by atoms with van der Waals surface area (Å²) in [5.41, 5.74) is 0.915. The van der Waals surface area contributed by atoms with Gasteiger partial charge < -0.3 is 10.6 Å². The maximum absolute atomic E-state index is 13.5. The number of likely N-dealkylation sites (tertiary alicyclic amines) is 1. The number of hydrogen-bond acceptors (Lipinski definition) is 3. The molecule has 148 valence electrons. The van der Waals surface area contributed by atoms with Crippen LogP contribution in [0.15, 0.2) is 18.2 Å². The minimum atomic E-state index is -0.313. The molecule has 2 amide bonds. The smallest absolute Gasteiger partial charge is 0.251 e. The van der Waals surface area contributed by atoms with Crippen molar-refractivity contribution < 1.29 is 14.0 Å². The Balaban J connectivity index is 1.69. The number of carbonyl (C=O) groups is 2. The zero-order valence-corrected chi connectivity index (χ0v) is 16.3. The number of rotatable bonds is 5. The van der Waals surface area contributed by atoms with Crippen LogP contribution in [-0.4, -0.2) is 47.9 Å². The molecule has 0 unspecified atom stereocenters. The molecule has 3 rings (SSSR count). The lowest BCUT2D eigenvalue weighted by Gasteiger charge is -2.34. The first kappa shape index (κ1) is 19.8. The number of amides is 2. The number of carbonyl (C=O) groups excluding carboxylic acids is 2. The van der Waals surface area contributed by atoms with Gasteiger partial charge in [0.15, 0.2) is 0 Å². The molecule has 6 heteroatoms. The quantitative estimate of drug-likeness (QED) is 0.832. The van der Waals surface area contributed by atoms with Gasteiger partial charge in [-0.25, -0.2) is 4.39 Å². The van der Waals surface area contributed by atoms with Gasteiger partial charge in [-0.2, -0.15) is 0 Å². The summed E-state index contributed by atoms with van der Waals surface area (Å²) >= 11 is 0. The Bertz CT molecular complexity index is 688. The molecule has 27 heavy (non-hydrogen) atoms. The summed E-state index contributed by atoms with van der Waals surface area (Å²) in [6.07, 6.45) is 6.53. The third-order valence-corrected chi connectivity index (χ3v) is 5.79. The van der Waals surface area contributed by atoms with Crippen molar-refractivity contribution in [1.82, 2.24) is 15.5 Å². The molecule has 0 aromatic heterocycles. The molecule has 2 aliphatic rings. The summed E-state index contributed by atoms with van der Waals surface area (Å²) in [5.74, 6) is -0.465. The number of nitrogens with one attached hydrogen (secondary N) is 2. The van der Waals surface area contributed by atoms with Crippen molar-refractivity contribution in [3.05, 3.63) is 35.1 Å². The van der Waals surface area contributed by atoms with Gasteiger partial charge in [0.05, 0.1) is 6.04 Å². The van der Waals surface area contributed by atoms with Gasteiger partial charge in [0, 0.05) is 30.7 Å². The second kappa shape index (κ2) is 8.83. The van der Waals surface area contributed by atoms with Crippen molar-refractivity contribution in [2.75, 3.05) is 13.1 Å². The molecular weight excluding hydrogens is 345 g/mol. The lowest BCUT2D eigenvalue weighted by Crippen LogP contribution is -2.48. The van der Waals surface area contributed by atoms with E-state index in [-0.39, 0.29) is 29.7 Å². The normalized spacial score (nSPS) is 24.0. The third-order valence-electron chi connectivity index (χ3n) is 5.79. The largest absolute Gasteiger partial charge is 0.355 e. The van der Waals surface area contributed by atoms with Gasteiger partial charge in [-0.15, -0.1) is 0 Å². The maximum Gasteiger partial charge on any atom is 0.251 e. The van der Waals surface area contributed by atoms with Crippen molar-refractivity contribution in [3.63, 3.8) is 0 Å².